The fraction of sp³-hybridized carbons (Fsp3) is 0.615. The maximum Gasteiger partial charge on any atom is 0.282 e. The van der Waals surface area contributed by atoms with Crippen molar-refractivity contribution in [3.8, 4) is 0 Å². The van der Waals surface area contributed by atoms with Gasteiger partial charge in [0.2, 0.25) is 5.95 Å². The van der Waals surface area contributed by atoms with E-state index in [4.69, 9.17) is 15.2 Å². The van der Waals surface area contributed by atoms with Gasteiger partial charge in [0.15, 0.2) is 17.4 Å². The summed E-state index contributed by atoms with van der Waals surface area (Å²) in [6.07, 6.45) is -1.93. The van der Waals surface area contributed by atoms with Crippen LogP contribution in [0.3, 0.4) is 0 Å². The Balaban J connectivity index is 2.06. The lowest BCUT2D eigenvalue weighted by molar-refractivity contribution is -0.206. The van der Waals surface area contributed by atoms with Crippen molar-refractivity contribution in [2.45, 2.75) is 31.0 Å². The molecule has 10 nitrogen and oxygen atoms in total. The third kappa shape index (κ3) is 2.59. The van der Waals surface area contributed by atoms with Crippen LogP contribution in [0.2, 0.25) is 0 Å². The van der Waals surface area contributed by atoms with Crippen LogP contribution in [0.15, 0.2) is 11.1 Å². The van der Waals surface area contributed by atoms with E-state index in [1.54, 1.807) is 0 Å². The molecule has 4 N–H and O–H groups in total. The number of rotatable bonds is 3. The lowest BCUT2D eigenvalue weighted by Crippen LogP contribution is -2.46. The predicted molar refractivity (Wildman–Crippen MR) is 79.6 cm³/mol. The highest BCUT2D eigenvalue weighted by atomic mass is 16.6. The Morgan fingerprint density at radius 3 is 2.96 bits per heavy atom. The number of aromatic nitrogens is 4. The summed E-state index contributed by atoms with van der Waals surface area (Å²) >= 11 is 0. The highest BCUT2D eigenvalue weighted by Gasteiger charge is 2.38. The van der Waals surface area contributed by atoms with Gasteiger partial charge in [-0.2, -0.15) is 4.98 Å². The molecule has 0 amide bonds. The van der Waals surface area contributed by atoms with E-state index >= 15 is 0 Å². The molecule has 3 rings (SSSR count). The zero-order chi connectivity index (χ0) is 16.7. The number of nitrogens with two attached hydrogens (primary N) is 1. The monoisotopic (exact) mass is 325 g/mol. The van der Waals surface area contributed by atoms with Gasteiger partial charge < -0.3 is 25.4 Å². The smallest absolute Gasteiger partial charge is 0.282 e. The van der Waals surface area contributed by atoms with Gasteiger partial charge in [-0.3, -0.25) is 13.9 Å². The molecule has 1 aliphatic rings. The minimum Gasteiger partial charge on any atom is -0.390 e. The first kappa shape index (κ1) is 15.9. The van der Waals surface area contributed by atoms with Crippen molar-refractivity contribution < 1.29 is 19.7 Å². The van der Waals surface area contributed by atoms with Gasteiger partial charge >= 0.3 is 0 Å². The molecule has 1 aliphatic heterocycles. The first-order chi connectivity index (χ1) is 10.9. The lowest BCUT2D eigenvalue weighted by Gasteiger charge is -2.37. The summed E-state index contributed by atoms with van der Waals surface area (Å²) in [6.45, 7) is 0.268. The minimum absolute atomic E-state index is 0.0172. The Bertz CT molecular complexity index is 772. The number of aliphatic hydroxyl groups excluding tert-OH is 2. The molecule has 0 bridgehead atoms. The van der Waals surface area contributed by atoms with E-state index in [1.165, 1.54) is 29.6 Å². The van der Waals surface area contributed by atoms with Crippen molar-refractivity contribution in [1.29, 1.82) is 0 Å². The van der Waals surface area contributed by atoms with Crippen LogP contribution >= 0.6 is 0 Å². The van der Waals surface area contributed by atoms with Crippen LogP contribution in [0.4, 0.5) is 5.95 Å². The number of aliphatic hydroxyl groups is 2. The molecular weight excluding hydrogens is 306 g/mol. The molecule has 0 spiro atoms. The third-order valence-electron chi connectivity index (χ3n) is 3.99. The average molecular weight is 325 g/mol. The van der Waals surface area contributed by atoms with Crippen LogP contribution in [0.1, 0.15) is 12.6 Å². The number of methoxy groups -OCH3 is 1. The molecule has 0 aliphatic carbocycles. The van der Waals surface area contributed by atoms with Gasteiger partial charge in [0.05, 0.1) is 25.1 Å². The van der Waals surface area contributed by atoms with Gasteiger partial charge in [0, 0.05) is 20.6 Å². The van der Waals surface area contributed by atoms with Crippen LogP contribution in [0.5, 0.6) is 0 Å². The molecule has 1 unspecified atom stereocenters. The van der Waals surface area contributed by atoms with E-state index in [2.05, 4.69) is 9.97 Å². The second kappa shape index (κ2) is 5.89. The van der Waals surface area contributed by atoms with Crippen LogP contribution in [-0.4, -0.2) is 61.3 Å². The summed E-state index contributed by atoms with van der Waals surface area (Å²) in [7, 11) is 3.02. The molecule has 126 valence electrons. The summed E-state index contributed by atoms with van der Waals surface area (Å²) in [4.78, 5) is 20.3. The predicted octanol–water partition coefficient (Wildman–Crippen LogP) is -1.63. The first-order valence-corrected chi connectivity index (χ1v) is 7.13. The van der Waals surface area contributed by atoms with Gasteiger partial charge in [-0.25, -0.2) is 4.98 Å². The summed E-state index contributed by atoms with van der Waals surface area (Å²) < 4.78 is 13.4. The van der Waals surface area contributed by atoms with Crippen LogP contribution in [0.25, 0.3) is 11.2 Å². The molecule has 10 heteroatoms. The number of nitrogen functional groups attached to an aromatic ring is 1. The van der Waals surface area contributed by atoms with Gasteiger partial charge in [0.1, 0.15) is 6.10 Å². The highest BCUT2D eigenvalue weighted by molar-refractivity contribution is 5.70. The zero-order valence-electron chi connectivity index (χ0n) is 12.8. The van der Waals surface area contributed by atoms with Crippen LogP contribution < -0.4 is 11.3 Å². The second-order valence-corrected chi connectivity index (χ2v) is 5.56. The number of ether oxygens (including phenoxy) is 2. The molecular formula is C13H19N5O5. The summed E-state index contributed by atoms with van der Waals surface area (Å²) in [5, 5.41) is 20.3. The minimum atomic E-state index is -1.19. The second-order valence-electron chi connectivity index (χ2n) is 5.56. The SMILES string of the molecule is COCC1C[C@H](O)[C@@H](O)[C@H](n2cnc3c(=O)n(C)c(N)nc32)O1. The molecule has 4 atom stereocenters. The largest absolute Gasteiger partial charge is 0.390 e. The van der Waals surface area contributed by atoms with Crippen molar-refractivity contribution in [3.63, 3.8) is 0 Å². The summed E-state index contributed by atoms with van der Waals surface area (Å²) in [5.74, 6) is 0.0172. The first-order valence-electron chi connectivity index (χ1n) is 7.13. The topological polar surface area (TPSA) is 138 Å². The van der Waals surface area contributed by atoms with Gasteiger partial charge in [-0.1, -0.05) is 0 Å². The van der Waals surface area contributed by atoms with Crippen LogP contribution in [0, 0.1) is 0 Å². The number of anilines is 1. The van der Waals surface area contributed by atoms with Crippen molar-refractivity contribution in [2.24, 2.45) is 7.05 Å². The highest BCUT2D eigenvalue weighted by Crippen LogP contribution is 2.29. The van der Waals surface area contributed by atoms with E-state index < -0.39 is 30.1 Å². The van der Waals surface area contributed by atoms with Crippen molar-refractivity contribution >= 4 is 17.1 Å². The van der Waals surface area contributed by atoms with E-state index in [0.717, 1.165) is 0 Å². The number of nitrogens with zero attached hydrogens (tertiary/aromatic N) is 4. The fourth-order valence-electron chi connectivity index (χ4n) is 2.70. The Kier molecular flexibility index (Phi) is 4.06. The average Bonchev–Trinajstić information content (AvgIpc) is 2.92. The summed E-state index contributed by atoms with van der Waals surface area (Å²) in [5.41, 5.74) is 5.63. The number of fused-ring (bicyclic) bond motifs is 1. The Labute approximate surface area is 131 Å². The molecule has 23 heavy (non-hydrogen) atoms. The Morgan fingerprint density at radius 1 is 1.52 bits per heavy atom. The summed E-state index contributed by atoms with van der Waals surface area (Å²) in [6, 6.07) is 0. The molecule has 0 saturated carbocycles. The van der Waals surface area contributed by atoms with E-state index in [0.29, 0.717) is 0 Å². The van der Waals surface area contributed by atoms with Gasteiger partial charge in [-0.05, 0) is 0 Å². The van der Waals surface area contributed by atoms with Crippen molar-refractivity contribution in [1.82, 2.24) is 19.1 Å². The standard InChI is InChI=1S/C13H19N5O5/c1-17-11(21)8-10(16-13(17)14)18(5-15-8)12-9(20)7(19)3-6(23-12)4-22-2/h5-7,9,12,19-20H,3-4H2,1-2H3,(H2,14,16)/t6?,7-,9+,12+/m0/s1. The van der Waals surface area contributed by atoms with E-state index in [9.17, 15) is 15.0 Å². The third-order valence-corrected chi connectivity index (χ3v) is 3.99. The number of hydrogen-bond donors (Lipinski definition) is 3. The van der Waals surface area contributed by atoms with E-state index in [1.807, 2.05) is 0 Å². The molecule has 0 radical (unpaired) electrons. The van der Waals surface area contributed by atoms with Crippen molar-refractivity contribution in [3.05, 3.63) is 16.7 Å². The van der Waals surface area contributed by atoms with Crippen LogP contribution in [-0.2, 0) is 16.5 Å². The van der Waals surface area contributed by atoms with Gasteiger partial charge in [-0.15, -0.1) is 0 Å². The van der Waals surface area contributed by atoms with E-state index in [-0.39, 0.29) is 30.1 Å². The molecule has 0 aromatic carbocycles. The Morgan fingerprint density at radius 2 is 2.26 bits per heavy atom. The molecule has 3 heterocycles. The molecule has 1 fully saturated rings. The Hall–Kier alpha value is -2.01. The molecule has 2 aromatic rings. The number of hydrogen-bond acceptors (Lipinski definition) is 8. The fourth-order valence-corrected chi connectivity index (χ4v) is 2.70. The number of imidazole rings is 1. The normalized spacial score (nSPS) is 28.3. The zero-order valence-corrected chi connectivity index (χ0v) is 12.8. The maximum absolute atomic E-state index is 12.2. The quantitative estimate of drug-likeness (QED) is 0.611. The molecule has 2 aromatic heterocycles. The molecule has 1 saturated heterocycles. The van der Waals surface area contributed by atoms with Gasteiger partial charge in [0.25, 0.3) is 5.56 Å². The maximum atomic E-state index is 12.2. The lowest BCUT2D eigenvalue weighted by atomic mass is 10.0. The van der Waals surface area contributed by atoms with Crippen molar-refractivity contribution in [2.75, 3.05) is 19.5 Å².